The average Bonchev–Trinajstić information content (AvgIpc) is 2.50. The molecule has 0 radical (unpaired) electrons. The summed E-state index contributed by atoms with van der Waals surface area (Å²) in [6, 6.07) is 6.49. The molecule has 1 aromatic carbocycles. The molecule has 0 aliphatic heterocycles. The molecule has 2 rings (SSSR count). The Morgan fingerprint density at radius 1 is 1.54 bits per heavy atom. The van der Waals surface area contributed by atoms with E-state index in [-0.39, 0.29) is 0 Å². The van der Waals surface area contributed by atoms with Gasteiger partial charge in [0, 0.05) is 11.9 Å². The van der Waals surface area contributed by atoms with E-state index in [1.165, 1.54) is 29.5 Å². The first kappa shape index (κ1) is 9.22. The molecule has 1 unspecified atom stereocenters. The van der Waals surface area contributed by atoms with E-state index >= 15 is 0 Å². The summed E-state index contributed by atoms with van der Waals surface area (Å²) >= 11 is 3.68. The van der Waals surface area contributed by atoms with E-state index in [4.69, 9.17) is 4.74 Å². The molecule has 1 aliphatic rings. The molecule has 70 valence electrons. The zero-order chi connectivity index (χ0) is 9.26. The molecular formula is C11H13BrO. The topological polar surface area (TPSA) is 9.23 Å². The van der Waals surface area contributed by atoms with Crippen LogP contribution in [0.25, 0.3) is 0 Å². The van der Waals surface area contributed by atoms with Gasteiger partial charge in [0.2, 0.25) is 0 Å². The number of rotatable bonds is 2. The van der Waals surface area contributed by atoms with Crippen molar-refractivity contribution in [3.05, 3.63) is 34.9 Å². The number of hydrogen-bond acceptors (Lipinski definition) is 1. The number of benzene rings is 1. The van der Waals surface area contributed by atoms with Crippen LogP contribution in [0.2, 0.25) is 0 Å². The van der Waals surface area contributed by atoms with E-state index in [0.29, 0.717) is 4.83 Å². The third kappa shape index (κ3) is 1.65. The van der Waals surface area contributed by atoms with Crippen LogP contribution in [0.4, 0.5) is 0 Å². The normalized spacial score (nSPS) is 20.3. The van der Waals surface area contributed by atoms with Gasteiger partial charge in [0.15, 0.2) is 0 Å². The minimum atomic E-state index is 0.555. The molecule has 1 nitrogen and oxygen atoms in total. The van der Waals surface area contributed by atoms with Gasteiger partial charge in [0.25, 0.3) is 0 Å². The lowest BCUT2D eigenvalue weighted by Crippen LogP contribution is -1.94. The maximum absolute atomic E-state index is 5.17. The number of alkyl halides is 1. The summed E-state index contributed by atoms with van der Waals surface area (Å²) in [6.45, 7) is 0.739. The Morgan fingerprint density at radius 3 is 3.15 bits per heavy atom. The van der Waals surface area contributed by atoms with Gasteiger partial charge < -0.3 is 4.74 Å². The van der Waals surface area contributed by atoms with Gasteiger partial charge in [-0.25, -0.2) is 0 Å². The van der Waals surface area contributed by atoms with Crippen LogP contribution in [-0.2, 0) is 17.8 Å². The average molecular weight is 241 g/mol. The van der Waals surface area contributed by atoms with Crippen molar-refractivity contribution in [3.8, 4) is 0 Å². The van der Waals surface area contributed by atoms with Crippen molar-refractivity contribution < 1.29 is 4.74 Å². The van der Waals surface area contributed by atoms with Crippen LogP contribution in [0, 0.1) is 0 Å². The summed E-state index contributed by atoms with van der Waals surface area (Å²) < 4.78 is 5.17. The van der Waals surface area contributed by atoms with E-state index in [1.54, 1.807) is 7.11 Å². The summed E-state index contributed by atoms with van der Waals surface area (Å²) in [6.07, 6.45) is 2.40. The first-order chi connectivity index (χ1) is 6.33. The zero-order valence-corrected chi connectivity index (χ0v) is 9.30. The molecular weight excluding hydrogens is 228 g/mol. The minimum absolute atomic E-state index is 0.555. The fourth-order valence-corrected chi connectivity index (χ4v) is 2.63. The van der Waals surface area contributed by atoms with Crippen molar-refractivity contribution in [1.29, 1.82) is 0 Å². The summed E-state index contributed by atoms with van der Waals surface area (Å²) in [7, 11) is 1.75. The Bertz CT molecular complexity index is 309. The molecule has 2 heteroatoms. The van der Waals surface area contributed by atoms with E-state index < -0.39 is 0 Å². The van der Waals surface area contributed by atoms with Gasteiger partial charge in [-0.15, -0.1) is 0 Å². The van der Waals surface area contributed by atoms with Crippen molar-refractivity contribution in [1.82, 2.24) is 0 Å². The van der Waals surface area contributed by atoms with E-state index in [2.05, 4.69) is 34.1 Å². The van der Waals surface area contributed by atoms with Crippen molar-refractivity contribution >= 4 is 15.9 Å². The Balaban J connectivity index is 2.38. The first-order valence-corrected chi connectivity index (χ1v) is 5.48. The van der Waals surface area contributed by atoms with Gasteiger partial charge in [-0.05, 0) is 29.5 Å². The SMILES string of the molecule is COCc1cccc2c1CCC2Br. The maximum atomic E-state index is 5.17. The van der Waals surface area contributed by atoms with E-state index in [9.17, 15) is 0 Å². The molecule has 0 N–H and O–H groups in total. The highest BCUT2D eigenvalue weighted by atomic mass is 79.9. The van der Waals surface area contributed by atoms with Gasteiger partial charge >= 0.3 is 0 Å². The first-order valence-electron chi connectivity index (χ1n) is 4.56. The lowest BCUT2D eigenvalue weighted by Gasteiger charge is -2.07. The highest BCUT2D eigenvalue weighted by Crippen LogP contribution is 2.38. The summed E-state index contributed by atoms with van der Waals surface area (Å²) in [5, 5.41) is 0. The lowest BCUT2D eigenvalue weighted by molar-refractivity contribution is 0.184. The Morgan fingerprint density at radius 2 is 2.38 bits per heavy atom. The number of hydrogen-bond donors (Lipinski definition) is 0. The molecule has 1 atom stereocenters. The quantitative estimate of drug-likeness (QED) is 0.722. The Labute approximate surface area is 87.2 Å². The Kier molecular flexibility index (Phi) is 2.70. The van der Waals surface area contributed by atoms with Crippen molar-refractivity contribution in [2.24, 2.45) is 0 Å². The zero-order valence-electron chi connectivity index (χ0n) is 7.72. The van der Waals surface area contributed by atoms with Crippen LogP contribution in [0.3, 0.4) is 0 Å². The second-order valence-corrected chi connectivity index (χ2v) is 4.53. The van der Waals surface area contributed by atoms with Gasteiger partial charge in [-0.1, -0.05) is 34.1 Å². The predicted molar refractivity (Wildman–Crippen MR) is 57.1 cm³/mol. The molecule has 0 bridgehead atoms. The van der Waals surface area contributed by atoms with Crippen molar-refractivity contribution in [2.75, 3.05) is 7.11 Å². The fourth-order valence-electron chi connectivity index (χ4n) is 1.97. The Hall–Kier alpha value is -0.340. The molecule has 13 heavy (non-hydrogen) atoms. The smallest absolute Gasteiger partial charge is 0.0715 e. The van der Waals surface area contributed by atoms with Gasteiger partial charge in [0.05, 0.1) is 6.61 Å². The molecule has 0 amide bonds. The highest BCUT2D eigenvalue weighted by Gasteiger charge is 2.21. The highest BCUT2D eigenvalue weighted by molar-refractivity contribution is 9.09. The molecule has 0 spiro atoms. The van der Waals surface area contributed by atoms with Crippen LogP contribution in [0.15, 0.2) is 18.2 Å². The predicted octanol–water partition coefficient (Wildman–Crippen LogP) is 3.22. The lowest BCUT2D eigenvalue weighted by atomic mass is 10.0. The number of halogens is 1. The van der Waals surface area contributed by atoms with Gasteiger partial charge in [0.1, 0.15) is 0 Å². The van der Waals surface area contributed by atoms with Crippen LogP contribution < -0.4 is 0 Å². The molecule has 1 aliphatic carbocycles. The van der Waals surface area contributed by atoms with Crippen LogP contribution in [0.5, 0.6) is 0 Å². The van der Waals surface area contributed by atoms with Crippen molar-refractivity contribution in [3.63, 3.8) is 0 Å². The molecule has 0 saturated heterocycles. The van der Waals surface area contributed by atoms with E-state index in [0.717, 1.165) is 6.61 Å². The fraction of sp³-hybridized carbons (Fsp3) is 0.455. The number of methoxy groups -OCH3 is 1. The number of fused-ring (bicyclic) bond motifs is 1. The molecule has 0 heterocycles. The molecule has 1 aromatic rings. The van der Waals surface area contributed by atoms with E-state index in [1.807, 2.05) is 0 Å². The monoisotopic (exact) mass is 240 g/mol. The third-order valence-electron chi connectivity index (χ3n) is 2.59. The van der Waals surface area contributed by atoms with Crippen LogP contribution >= 0.6 is 15.9 Å². The summed E-state index contributed by atoms with van der Waals surface area (Å²) in [5.74, 6) is 0. The third-order valence-corrected chi connectivity index (χ3v) is 3.55. The summed E-state index contributed by atoms with van der Waals surface area (Å²) in [5.41, 5.74) is 4.29. The number of ether oxygens (including phenoxy) is 1. The maximum Gasteiger partial charge on any atom is 0.0715 e. The molecule has 0 fully saturated rings. The largest absolute Gasteiger partial charge is 0.380 e. The van der Waals surface area contributed by atoms with Crippen LogP contribution in [-0.4, -0.2) is 7.11 Å². The van der Waals surface area contributed by atoms with Gasteiger partial charge in [-0.3, -0.25) is 0 Å². The summed E-state index contributed by atoms with van der Waals surface area (Å²) in [4.78, 5) is 0.555. The second kappa shape index (κ2) is 3.81. The minimum Gasteiger partial charge on any atom is -0.380 e. The second-order valence-electron chi connectivity index (χ2n) is 3.42. The molecule has 0 saturated carbocycles. The van der Waals surface area contributed by atoms with Crippen molar-refractivity contribution in [2.45, 2.75) is 24.3 Å². The van der Waals surface area contributed by atoms with Gasteiger partial charge in [-0.2, -0.15) is 0 Å². The van der Waals surface area contributed by atoms with Crippen LogP contribution in [0.1, 0.15) is 27.9 Å². The molecule has 0 aromatic heterocycles. The standard InChI is InChI=1S/C11H13BrO/c1-13-7-8-3-2-4-10-9(8)5-6-11(10)12/h2-4,11H,5-7H2,1H3.